The summed E-state index contributed by atoms with van der Waals surface area (Å²) in [5.41, 5.74) is 1.21. The van der Waals surface area contributed by atoms with Gasteiger partial charge in [-0.3, -0.25) is 4.72 Å². The molecule has 0 spiro atoms. The molecule has 1 N–H and O–H groups in total. The van der Waals surface area contributed by atoms with Crippen LogP contribution in [-0.2, 0) is 10.0 Å². The van der Waals surface area contributed by atoms with E-state index in [1.165, 1.54) is 12.1 Å². The third kappa shape index (κ3) is 3.21. The van der Waals surface area contributed by atoms with Crippen LogP contribution in [0.15, 0.2) is 45.8 Å². The van der Waals surface area contributed by atoms with Crippen LogP contribution in [0, 0.1) is 18.3 Å². The molecule has 0 saturated heterocycles. The fourth-order valence-corrected chi connectivity index (χ4v) is 3.89. The Morgan fingerprint density at radius 2 is 1.90 bits per heavy atom. The lowest BCUT2D eigenvalue weighted by Gasteiger charge is -2.12. The Bertz CT molecular complexity index is 845. The second-order valence-electron chi connectivity index (χ2n) is 4.27. The summed E-state index contributed by atoms with van der Waals surface area (Å²) in [4.78, 5) is -0.0519. The van der Waals surface area contributed by atoms with Crippen molar-refractivity contribution in [1.82, 2.24) is 0 Å². The van der Waals surface area contributed by atoms with E-state index in [0.29, 0.717) is 10.0 Å². The number of hydrogen-bond donors (Lipinski definition) is 1. The van der Waals surface area contributed by atoms with E-state index in [0.717, 1.165) is 0 Å². The first-order valence-corrected chi connectivity index (χ1v) is 8.49. The molecular weight excluding hydrogens is 376 g/mol. The topological polar surface area (TPSA) is 70.0 Å². The normalized spacial score (nSPS) is 11.0. The predicted octanol–water partition coefficient (Wildman–Crippen LogP) is 4.08. The van der Waals surface area contributed by atoms with Crippen LogP contribution in [0.25, 0.3) is 0 Å². The van der Waals surface area contributed by atoms with Crippen molar-refractivity contribution in [3.63, 3.8) is 0 Å². The van der Waals surface area contributed by atoms with E-state index in [4.69, 9.17) is 16.9 Å². The van der Waals surface area contributed by atoms with E-state index in [1.54, 1.807) is 31.2 Å². The molecule has 21 heavy (non-hydrogen) atoms. The first kappa shape index (κ1) is 15.8. The van der Waals surface area contributed by atoms with Gasteiger partial charge in [0, 0.05) is 4.47 Å². The second-order valence-corrected chi connectivity index (χ2v) is 7.15. The van der Waals surface area contributed by atoms with Crippen molar-refractivity contribution in [3.8, 4) is 6.07 Å². The first-order valence-electron chi connectivity index (χ1n) is 5.83. The minimum atomic E-state index is -3.88. The molecule has 0 aliphatic rings. The van der Waals surface area contributed by atoms with Gasteiger partial charge in [-0.2, -0.15) is 5.26 Å². The standard InChI is InChI=1S/C14H10BrClN2O2S/c1-9-4-2-6-12(10(9)8-17)18-21(19,20)13-7-3-5-11(15)14(13)16/h2-7,18H,1H3. The average molecular weight is 386 g/mol. The maximum atomic E-state index is 12.4. The highest BCUT2D eigenvalue weighted by Gasteiger charge is 2.21. The van der Waals surface area contributed by atoms with E-state index >= 15 is 0 Å². The molecule has 0 aromatic heterocycles. The Hall–Kier alpha value is -1.55. The highest BCUT2D eigenvalue weighted by Crippen LogP contribution is 2.31. The third-order valence-electron chi connectivity index (χ3n) is 2.83. The molecule has 0 unspecified atom stereocenters. The summed E-state index contributed by atoms with van der Waals surface area (Å²) in [7, 11) is -3.88. The number of aryl methyl sites for hydroxylation is 1. The van der Waals surface area contributed by atoms with E-state index in [-0.39, 0.29) is 21.2 Å². The van der Waals surface area contributed by atoms with Crippen LogP contribution in [0.4, 0.5) is 5.69 Å². The van der Waals surface area contributed by atoms with Crippen molar-refractivity contribution >= 4 is 43.2 Å². The van der Waals surface area contributed by atoms with Gasteiger partial charge in [-0.05, 0) is 46.6 Å². The molecule has 2 aromatic rings. The maximum Gasteiger partial charge on any atom is 0.263 e. The Labute approximate surface area is 136 Å². The van der Waals surface area contributed by atoms with Crippen molar-refractivity contribution in [2.24, 2.45) is 0 Å². The van der Waals surface area contributed by atoms with Crippen molar-refractivity contribution in [2.45, 2.75) is 11.8 Å². The van der Waals surface area contributed by atoms with Crippen LogP contribution in [0.2, 0.25) is 5.02 Å². The quantitative estimate of drug-likeness (QED) is 0.865. The fourth-order valence-electron chi connectivity index (χ4n) is 1.79. The maximum absolute atomic E-state index is 12.4. The Morgan fingerprint density at radius 1 is 1.24 bits per heavy atom. The van der Waals surface area contributed by atoms with Gasteiger partial charge in [0.15, 0.2) is 0 Å². The predicted molar refractivity (Wildman–Crippen MR) is 85.9 cm³/mol. The Morgan fingerprint density at radius 3 is 2.57 bits per heavy atom. The van der Waals surface area contributed by atoms with Crippen LogP contribution in [0.3, 0.4) is 0 Å². The molecule has 2 rings (SSSR count). The third-order valence-corrected chi connectivity index (χ3v) is 5.65. The molecule has 0 saturated carbocycles. The van der Waals surface area contributed by atoms with Gasteiger partial charge in [-0.15, -0.1) is 0 Å². The van der Waals surface area contributed by atoms with E-state index in [1.807, 2.05) is 6.07 Å². The lowest BCUT2D eigenvalue weighted by Crippen LogP contribution is -2.14. The van der Waals surface area contributed by atoms with Gasteiger partial charge in [0.2, 0.25) is 0 Å². The zero-order valence-electron chi connectivity index (χ0n) is 10.9. The fraction of sp³-hybridized carbons (Fsp3) is 0.0714. The van der Waals surface area contributed by atoms with Gasteiger partial charge in [0.25, 0.3) is 10.0 Å². The second kappa shape index (κ2) is 6.06. The highest BCUT2D eigenvalue weighted by atomic mass is 79.9. The zero-order chi connectivity index (χ0) is 15.6. The van der Waals surface area contributed by atoms with E-state index in [2.05, 4.69) is 20.7 Å². The number of benzene rings is 2. The van der Waals surface area contributed by atoms with E-state index in [9.17, 15) is 8.42 Å². The number of halogens is 2. The van der Waals surface area contributed by atoms with Crippen molar-refractivity contribution in [1.29, 1.82) is 5.26 Å². The number of rotatable bonds is 3. The number of sulfonamides is 1. The Balaban J connectivity index is 2.51. The average Bonchev–Trinajstić information content (AvgIpc) is 2.41. The molecular formula is C14H10BrClN2O2S. The molecule has 108 valence electrons. The molecule has 0 radical (unpaired) electrons. The van der Waals surface area contributed by atoms with Gasteiger partial charge < -0.3 is 0 Å². The number of nitrogens with zero attached hydrogens (tertiary/aromatic N) is 1. The van der Waals surface area contributed by atoms with Crippen LogP contribution in [0.1, 0.15) is 11.1 Å². The molecule has 2 aromatic carbocycles. The Kier molecular flexibility index (Phi) is 4.57. The van der Waals surface area contributed by atoms with E-state index < -0.39 is 10.0 Å². The van der Waals surface area contributed by atoms with Gasteiger partial charge in [0.1, 0.15) is 11.0 Å². The summed E-state index contributed by atoms with van der Waals surface area (Å²) in [6, 6.07) is 11.6. The first-order chi connectivity index (χ1) is 9.86. The number of hydrogen-bond acceptors (Lipinski definition) is 3. The molecule has 0 aliphatic carbocycles. The monoisotopic (exact) mass is 384 g/mol. The SMILES string of the molecule is Cc1cccc(NS(=O)(=O)c2cccc(Br)c2Cl)c1C#N. The summed E-state index contributed by atoms with van der Waals surface area (Å²) >= 11 is 9.21. The van der Waals surface area contributed by atoms with Gasteiger partial charge in [-0.1, -0.05) is 29.8 Å². The van der Waals surface area contributed by atoms with Crippen molar-refractivity contribution in [3.05, 3.63) is 57.0 Å². The number of anilines is 1. The number of nitrogens with one attached hydrogen (secondary N) is 1. The zero-order valence-corrected chi connectivity index (χ0v) is 14.1. The summed E-state index contributed by atoms with van der Waals surface area (Å²) in [6.07, 6.45) is 0. The molecule has 7 heteroatoms. The lowest BCUT2D eigenvalue weighted by molar-refractivity contribution is 0.601. The summed E-state index contributed by atoms with van der Waals surface area (Å²) in [6.45, 7) is 1.74. The lowest BCUT2D eigenvalue weighted by atomic mass is 10.1. The molecule has 4 nitrogen and oxygen atoms in total. The molecule has 0 aliphatic heterocycles. The summed E-state index contributed by atoms with van der Waals surface area (Å²) < 4.78 is 27.7. The summed E-state index contributed by atoms with van der Waals surface area (Å²) in [5, 5.41) is 9.24. The van der Waals surface area contributed by atoms with Crippen molar-refractivity contribution < 1.29 is 8.42 Å². The molecule has 0 fully saturated rings. The molecule has 0 amide bonds. The molecule has 0 heterocycles. The largest absolute Gasteiger partial charge is 0.278 e. The van der Waals surface area contributed by atoms with Crippen molar-refractivity contribution in [2.75, 3.05) is 4.72 Å². The van der Waals surface area contributed by atoms with Gasteiger partial charge in [-0.25, -0.2) is 8.42 Å². The summed E-state index contributed by atoms with van der Waals surface area (Å²) in [5.74, 6) is 0. The minimum Gasteiger partial charge on any atom is -0.278 e. The minimum absolute atomic E-state index is 0.0519. The van der Waals surface area contributed by atoms with Gasteiger partial charge in [0.05, 0.1) is 16.3 Å². The van der Waals surface area contributed by atoms with Gasteiger partial charge >= 0.3 is 0 Å². The van der Waals surface area contributed by atoms with Crippen LogP contribution in [0.5, 0.6) is 0 Å². The number of nitriles is 1. The van der Waals surface area contributed by atoms with Crippen LogP contribution in [-0.4, -0.2) is 8.42 Å². The highest BCUT2D eigenvalue weighted by molar-refractivity contribution is 9.10. The molecule has 0 atom stereocenters. The molecule has 0 bridgehead atoms. The smallest absolute Gasteiger partial charge is 0.263 e. The van der Waals surface area contributed by atoms with Crippen LogP contribution < -0.4 is 4.72 Å². The van der Waals surface area contributed by atoms with Crippen LogP contribution >= 0.6 is 27.5 Å².